The molecular formula is C17H18IN5O3. The van der Waals surface area contributed by atoms with Crippen LogP contribution in [0.3, 0.4) is 0 Å². The second-order valence-electron chi connectivity index (χ2n) is 5.97. The van der Waals surface area contributed by atoms with E-state index in [0.29, 0.717) is 26.6 Å². The lowest BCUT2D eigenvalue weighted by molar-refractivity contribution is -0.0298. The molecule has 136 valence electrons. The third kappa shape index (κ3) is 3.16. The van der Waals surface area contributed by atoms with Gasteiger partial charge in [0.25, 0.3) is 0 Å². The van der Waals surface area contributed by atoms with Gasteiger partial charge >= 0.3 is 0 Å². The average molecular weight is 467 g/mol. The van der Waals surface area contributed by atoms with E-state index in [1.807, 2.05) is 4.57 Å². The zero-order valence-corrected chi connectivity index (χ0v) is 16.3. The molecule has 3 aromatic rings. The van der Waals surface area contributed by atoms with Gasteiger partial charge in [-0.2, -0.15) is 0 Å². The number of benzene rings is 1. The molecule has 1 aliphatic rings. The topological polar surface area (TPSA) is 94.3 Å². The lowest BCUT2D eigenvalue weighted by atomic mass is 10.2. The second-order valence-corrected chi connectivity index (χ2v) is 6.93. The van der Waals surface area contributed by atoms with Crippen molar-refractivity contribution in [2.45, 2.75) is 25.5 Å². The Morgan fingerprint density at radius 1 is 1.35 bits per heavy atom. The molecule has 26 heavy (non-hydrogen) atoms. The van der Waals surface area contributed by atoms with E-state index in [1.54, 1.807) is 24.5 Å². The average Bonchev–Trinajstić information content (AvgIpc) is 3.06. The number of nitrogens with zero attached hydrogens (tertiary/aromatic N) is 4. The van der Waals surface area contributed by atoms with Gasteiger partial charge in [0.15, 0.2) is 32.3 Å². The first kappa shape index (κ1) is 17.3. The van der Waals surface area contributed by atoms with Crippen molar-refractivity contribution in [2.24, 2.45) is 0 Å². The summed E-state index contributed by atoms with van der Waals surface area (Å²) in [6.45, 7) is 0.748. The van der Waals surface area contributed by atoms with Gasteiger partial charge in [-0.15, -0.1) is 0 Å². The van der Waals surface area contributed by atoms with Crippen LogP contribution >= 0.6 is 22.6 Å². The van der Waals surface area contributed by atoms with E-state index in [-0.39, 0.29) is 12.0 Å². The monoisotopic (exact) mass is 467 g/mol. The van der Waals surface area contributed by atoms with Crippen LogP contribution in [0.2, 0.25) is 0 Å². The number of methoxy groups -OCH3 is 1. The smallest absolute Gasteiger partial charge is 0.194 e. The Morgan fingerprint density at radius 2 is 2.23 bits per heavy atom. The van der Waals surface area contributed by atoms with Crippen LogP contribution in [-0.2, 0) is 4.74 Å². The van der Waals surface area contributed by atoms with Crippen LogP contribution in [0.25, 0.3) is 11.2 Å². The quantitative estimate of drug-likeness (QED) is 0.448. The lowest BCUT2D eigenvalue weighted by Gasteiger charge is -2.23. The molecule has 2 aromatic heterocycles. The van der Waals surface area contributed by atoms with Crippen LogP contribution in [0, 0.1) is 3.83 Å². The maximum Gasteiger partial charge on any atom is 0.194 e. The number of phenolic OH excluding ortho intramolecular Hbond substituents is 1. The van der Waals surface area contributed by atoms with Gasteiger partial charge < -0.3 is 19.9 Å². The standard InChI is InChI=1S/C17H18IN5O3/c1-25-14-10(5-4-6-11(14)24)20-15-13-16(22-17(18)21-15)23(9-19-13)12-7-2-3-8-26-12/h4-6,9,12,24H,2-3,7-8H2,1H3,(H,20,21,22). The molecule has 0 bridgehead atoms. The zero-order chi connectivity index (χ0) is 18.1. The van der Waals surface area contributed by atoms with E-state index in [0.717, 1.165) is 31.5 Å². The zero-order valence-electron chi connectivity index (χ0n) is 14.1. The van der Waals surface area contributed by atoms with Crippen molar-refractivity contribution in [3.63, 3.8) is 0 Å². The summed E-state index contributed by atoms with van der Waals surface area (Å²) in [5.74, 6) is 0.959. The first-order valence-corrected chi connectivity index (χ1v) is 9.40. The highest BCUT2D eigenvalue weighted by molar-refractivity contribution is 14.1. The molecule has 0 spiro atoms. The molecule has 2 N–H and O–H groups in total. The van der Waals surface area contributed by atoms with Crippen LogP contribution in [0.15, 0.2) is 24.5 Å². The molecule has 8 nitrogen and oxygen atoms in total. The summed E-state index contributed by atoms with van der Waals surface area (Å²) in [5, 5.41) is 13.2. The third-order valence-corrected chi connectivity index (χ3v) is 4.79. The van der Waals surface area contributed by atoms with Crippen molar-refractivity contribution in [1.82, 2.24) is 19.5 Å². The highest BCUT2D eigenvalue weighted by Gasteiger charge is 2.21. The van der Waals surface area contributed by atoms with E-state index in [4.69, 9.17) is 9.47 Å². The van der Waals surface area contributed by atoms with Crippen LogP contribution in [0.5, 0.6) is 11.5 Å². The number of rotatable bonds is 4. The molecule has 1 atom stereocenters. The SMILES string of the molecule is COc1c(O)cccc1Nc1nc(I)nc2c1ncn2C1CCCCO1. The largest absolute Gasteiger partial charge is 0.504 e. The summed E-state index contributed by atoms with van der Waals surface area (Å²) < 4.78 is 13.7. The number of hydrogen-bond donors (Lipinski definition) is 2. The molecule has 0 saturated carbocycles. The first-order chi connectivity index (χ1) is 12.7. The molecule has 3 heterocycles. The number of nitrogens with one attached hydrogen (secondary N) is 1. The number of aromatic nitrogens is 4. The Labute approximate surface area is 163 Å². The number of hydrogen-bond acceptors (Lipinski definition) is 7. The highest BCUT2D eigenvalue weighted by Crippen LogP contribution is 2.37. The number of halogens is 1. The maximum absolute atomic E-state index is 9.98. The van der Waals surface area contributed by atoms with Crippen LogP contribution < -0.4 is 10.1 Å². The minimum atomic E-state index is -0.0531. The van der Waals surface area contributed by atoms with E-state index in [2.05, 4.69) is 42.9 Å². The fourth-order valence-electron chi connectivity index (χ4n) is 3.10. The molecule has 1 fully saturated rings. The lowest BCUT2D eigenvalue weighted by Crippen LogP contribution is -2.18. The number of anilines is 2. The van der Waals surface area contributed by atoms with Gasteiger partial charge in [0.2, 0.25) is 0 Å². The molecule has 0 aliphatic carbocycles. The predicted octanol–water partition coefficient (Wildman–Crippen LogP) is 3.59. The van der Waals surface area contributed by atoms with Gasteiger partial charge in [-0.3, -0.25) is 4.57 Å². The van der Waals surface area contributed by atoms with Gasteiger partial charge in [-0.1, -0.05) is 6.07 Å². The Balaban J connectivity index is 1.76. The second kappa shape index (κ2) is 7.23. The molecule has 4 rings (SSSR count). The number of phenols is 1. The minimum Gasteiger partial charge on any atom is -0.504 e. The van der Waals surface area contributed by atoms with Gasteiger partial charge in [0, 0.05) is 29.2 Å². The van der Waals surface area contributed by atoms with Gasteiger partial charge in [0.1, 0.15) is 6.23 Å². The van der Waals surface area contributed by atoms with Gasteiger partial charge in [-0.05, 0) is 31.4 Å². The third-order valence-electron chi connectivity index (χ3n) is 4.31. The number of aromatic hydroxyl groups is 1. The molecular weight excluding hydrogens is 449 g/mol. The summed E-state index contributed by atoms with van der Waals surface area (Å²) in [6, 6.07) is 5.11. The Hall–Kier alpha value is -2.14. The molecule has 1 aromatic carbocycles. The maximum atomic E-state index is 9.98. The molecule has 9 heteroatoms. The molecule has 0 amide bonds. The normalized spacial score (nSPS) is 17.4. The van der Waals surface area contributed by atoms with Crippen molar-refractivity contribution >= 4 is 45.3 Å². The van der Waals surface area contributed by atoms with Crippen molar-refractivity contribution in [1.29, 1.82) is 0 Å². The predicted molar refractivity (Wildman–Crippen MR) is 105 cm³/mol. The number of para-hydroxylation sites is 1. The Morgan fingerprint density at radius 3 is 3.00 bits per heavy atom. The van der Waals surface area contributed by atoms with E-state index < -0.39 is 0 Å². The fourth-order valence-corrected chi connectivity index (χ4v) is 3.57. The summed E-state index contributed by atoms with van der Waals surface area (Å²) >= 11 is 2.08. The first-order valence-electron chi connectivity index (χ1n) is 8.32. The van der Waals surface area contributed by atoms with Crippen LogP contribution in [0.4, 0.5) is 11.5 Å². The van der Waals surface area contributed by atoms with Crippen LogP contribution in [0.1, 0.15) is 25.5 Å². The molecule has 1 aliphatic heterocycles. The number of imidazole rings is 1. The van der Waals surface area contributed by atoms with Crippen molar-refractivity contribution in [3.05, 3.63) is 28.4 Å². The number of fused-ring (bicyclic) bond motifs is 1. The highest BCUT2D eigenvalue weighted by atomic mass is 127. The number of ether oxygens (including phenoxy) is 2. The van der Waals surface area contributed by atoms with Crippen molar-refractivity contribution in [2.75, 3.05) is 19.0 Å². The van der Waals surface area contributed by atoms with E-state index >= 15 is 0 Å². The molecule has 0 radical (unpaired) electrons. The molecule has 1 unspecified atom stereocenters. The summed E-state index contributed by atoms with van der Waals surface area (Å²) in [4.78, 5) is 13.5. The van der Waals surface area contributed by atoms with E-state index in [9.17, 15) is 5.11 Å². The Bertz CT molecular complexity index is 940. The van der Waals surface area contributed by atoms with Gasteiger partial charge in [-0.25, -0.2) is 15.0 Å². The van der Waals surface area contributed by atoms with Crippen molar-refractivity contribution < 1.29 is 14.6 Å². The fraction of sp³-hybridized carbons (Fsp3) is 0.353. The van der Waals surface area contributed by atoms with Crippen molar-refractivity contribution in [3.8, 4) is 11.5 Å². The van der Waals surface area contributed by atoms with Gasteiger partial charge in [0.05, 0.1) is 19.1 Å². The summed E-state index contributed by atoms with van der Waals surface area (Å²) in [6.07, 6.45) is 4.84. The summed E-state index contributed by atoms with van der Waals surface area (Å²) in [7, 11) is 1.51. The molecule has 1 saturated heterocycles. The Kier molecular flexibility index (Phi) is 4.81. The minimum absolute atomic E-state index is 0.0531. The van der Waals surface area contributed by atoms with E-state index in [1.165, 1.54) is 7.11 Å². The van der Waals surface area contributed by atoms with Crippen LogP contribution in [-0.4, -0.2) is 38.3 Å². The summed E-state index contributed by atoms with van der Waals surface area (Å²) in [5.41, 5.74) is 1.97.